The Morgan fingerprint density at radius 2 is 1.73 bits per heavy atom. The van der Waals surface area contributed by atoms with Gasteiger partial charge in [-0.3, -0.25) is 9.59 Å². The van der Waals surface area contributed by atoms with Crippen LogP contribution in [0.15, 0.2) is 24.3 Å². The first-order valence-electron chi connectivity index (χ1n) is 9.97. The van der Waals surface area contributed by atoms with Crippen molar-refractivity contribution in [2.24, 2.45) is 13.0 Å². The average molecular weight is 416 g/mol. The van der Waals surface area contributed by atoms with Crippen molar-refractivity contribution in [3.05, 3.63) is 58.2 Å². The number of esters is 1. The Morgan fingerprint density at radius 1 is 1.13 bits per heavy atom. The molecule has 30 heavy (non-hydrogen) atoms. The summed E-state index contributed by atoms with van der Waals surface area (Å²) in [6.07, 6.45) is 0. The number of hydrogen-bond donors (Lipinski definition) is 0. The largest absolute Gasteiger partial charge is 0.461 e. The first kappa shape index (κ1) is 23.3. The molecular weight excluding hydrogens is 387 g/mol. The molecule has 0 radical (unpaired) electrons. The molecule has 1 heterocycles. The van der Waals surface area contributed by atoms with Gasteiger partial charge < -0.3 is 14.2 Å². The van der Waals surface area contributed by atoms with Gasteiger partial charge in [0.1, 0.15) is 11.5 Å². The van der Waals surface area contributed by atoms with Gasteiger partial charge in [0.05, 0.1) is 13.2 Å². The second kappa shape index (κ2) is 9.69. The number of carbonyl (C=O) groups excluding carboxylic acids is 3. The molecule has 2 rings (SSSR count). The van der Waals surface area contributed by atoms with Crippen molar-refractivity contribution in [3.63, 3.8) is 0 Å². The van der Waals surface area contributed by atoms with E-state index in [0.717, 1.165) is 5.56 Å². The quantitative estimate of drug-likeness (QED) is 0.485. The van der Waals surface area contributed by atoms with E-state index in [9.17, 15) is 18.8 Å². The predicted octanol–water partition coefficient (Wildman–Crippen LogP) is 3.83. The number of amides is 1. The smallest absolute Gasteiger partial charge is 0.355 e. The average Bonchev–Trinajstić information content (AvgIpc) is 2.91. The van der Waals surface area contributed by atoms with E-state index >= 15 is 0 Å². The Hall–Kier alpha value is -2.96. The highest BCUT2D eigenvalue weighted by atomic mass is 19.1. The fourth-order valence-electron chi connectivity index (χ4n) is 3.52. The second-order valence-electron chi connectivity index (χ2n) is 7.61. The van der Waals surface area contributed by atoms with E-state index in [2.05, 4.69) is 0 Å². The van der Waals surface area contributed by atoms with Crippen LogP contribution in [0.3, 0.4) is 0 Å². The predicted molar refractivity (Wildman–Crippen MR) is 112 cm³/mol. The molecule has 1 aromatic carbocycles. The van der Waals surface area contributed by atoms with E-state index in [1.165, 1.54) is 17.0 Å². The second-order valence-corrected chi connectivity index (χ2v) is 7.61. The van der Waals surface area contributed by atoms with Crippen molar-refractivity contribution in [3.8, 4) is 0 Å². The fourth-order valence-corrected chi connectivity index (χ4v) is 3.52. The first-order chi connectivity index (χ1) is 14.1. The molecule has 6 nitrogen and oxygen atoms in total. The lowest BCUT2D eigenvalue weighted by atomic mass is 10.0. The van der Waals surface area contributed by atoms with Crippen LogP contribution in [0.4, 0.5) is 4.39 Å². The van der Waals surface area contributed by atoms with E-state index in [4.69, 9.17) is 4.74 Å². The number of rotatable bonds is 8. The molecule has 0 aliphatic rings. The normalized spacial score (nSPS) is 10.9. The monoisotopic (exact) mass is 416 g/mol. The Kier molecular flexibility index (Phi) is 7.54. The Balaban J connectivity index is 2.35. The van der Waals surface area contributed by atoms with Crippen molar-refractivity contribution in [2.45, 2.75) is 41.2 Å². The molecule has 0 unspecified atom stereocenters. The van der Waals surface area contributed by atoms with E-state index in [0.29, 0.717) is 22.5 Å². The van der Waals surface area contributed by atoms with Gasteiger partial charge in [-0.05, 0) is 44.0 Å². The molecule has 0 bridgehead atoms. The Morgan fingerprint density at radius 3 is 2.27 bits per heavy atom. The number of hydrogen-bond acceptors (Lipinski definition) is 4. The van der Waals surface area contributed by atoms with Crippen LogP contribution in [0.25, 0.3) is 0 Å². The van der Waals surface area contributed by atoms with Crippen LogP contribution < -0.4 is 0 Å². The van der Waals surface area contributed by atoms with Gasteiger partial charge in [-0.1, -0.05) is 26.0 Å². The third-order valence-corrected chi connectivity index (χ3v) is 5.10. The molecule has 1 aromatic heterocycles. The number of ether oxygens (including phenoxy) is 1. The van der Waals surface area contributed by atoms with Gasteiger partial charge in [0.2, 0.25) is 5.91 Å². The zero-order valence-electron chi connectivity index (χ0n) is 18.4. The highest BCUT2D eigenvalue weighted by Crippen LogP contribution is 2.23. The Bertz CT molecular complexity index is 945. The van der Waals surface area contributed by atoms with Crippen molar-refractivity contribution in [2.75, 3.05) is 13.2 Å². The summed E-state index contributed by atoms with van der Waals surface area (Å²) < 4.78 is 20.0. The van der Waals surface area contributed by atoms with Crippen LogP contribution in [0.1, 0.15) is 58.4 Å². The van der Waals surface area contributed by atoms with E-state index < -0.39 is 5.97 Å². The van der Waals surface area contributed by atoms with E-state index in [-0.39, 0.29) is 43.1 Å². The number of aromatic nitrogens is 1. The molecular formula is C23H29FN2O4. The van der Waals surface area contributed by atoms with Crippen LogP contribution in [-0.4, -0.2) is 40.3 Å². The standard InChI is InChI=1S/C23H29FN2O4/c1-7-30-23(29)21-15(4)20(16(5)25(21)6)19(27)13-26(22(28)14(2)3)12-17-8-10-18(24)11-9-17/h8-11,14H,7,12-13H2,1-6H3. The van der Waals surface area contributed by atoms with Crippen molar-refractivity contribution < 1.29 is 23.5 Å². The third-order valence-electron chi connectivity index (χ3n) is 5.10. The van der Waals surface area contributed by atoms with Crippen LogP contribution in [-0.2, 0) is 23.1 Å². The minimum atomic E-state index is -0.485. The number of halogens is 1. The molecule has 1 amide bonds. The van der Waals surface area contributed by atoms with Gasteiger partial charge in [-0.15, -0.1) is 0 Å². The maximum absolute atomic E-state index is 13.2. The van der Waals surface area contributed by atoms with Gasteiger partial charge in [0.25, 0.3) is 0 Å². The van der Waals surface area contributed by atoms with Crippen molar-refractivity contribution >= 4 is 17.7 Å². The highest BCUT2D eigenvalue weighted by molar-refractivity contribution is 6.04. The lowest BCUT2D eigenvalue weighted by Gasteiger charge is -2.24. The summed E-state index contributed by atoms with van der Waals surface area (Å²) in [4.78, 5) is 39.7. The summed E-state index contributed by atoms with van der Waals surface area (Å²) in [5, 5.41) is 0. The molecule has 0 fully saturated rings. The molecule has 162 valence electrons. The topological polar surface area (TPSA) is 68.6 Å². The van der Waals surface area contributed by atoms with Crippen LogP contribution >= 0.6 is 0 Å². The number of carbonyl (C=O) groups is 3. The molecule has 0 aliphatic heterocycles. The van der Waals surface area contributed by atoms with Gasteiger partial charge in [0, 0.05) is 30.8 Å². The maximum Gasteiger partial charge on any atom is 0.355 e. The summed E-state index contributed by atoms with van der Waals surface area (Å²) >= 11 is 0. The lowest BCUT2D eigenvalue weighted by molar-refractivity contribution is -0.134. The van der Waals surface area contributed by atoms with Crippen LogP contribution in [0.2, 0.25) is 0 Å². The zero-order valence-corrected chi connectivity index (χ0v) is 18.4. The Labute approximate surface area is 176 Å². The minimum absolute atomic E-state index is 0.137. The van der Waals surface area contributed by atoms with Gasteiger partial charge >= 0.3 is 5.97 Å². The van der Waals surface area contributed by atoms with Gasteiger partial charge in [-0.25, -0.2) is 9.18 Å². The fraction of sp³-hybridized carbons (Fsp3) is 0.435. The number of ketones is 1. The summed E-state index contributed by atoms with van der Waals surface area (Å²) in [6, 6.07) is 5.84. The first-order valence-corrected chi connectivity index (χ1v) is 9.97. The zero-order chi connectivity index (χ0) is 22.6. The molecule has 2 aromatic rings. The molecule has 7 heteroatoms. The van der Waals surface area contributed by atoms with Gasteiger partial charge in [0.15, 0.2) is 5.78 Å². The number of benzene rings is 1. The number of nitrogens with zero attached hydrogens (tertiary/aromatic N) is 2. The minimum Gasteiger partial charge on any atom is -0.461 e. The highest BCUT2D eigenvalue weighted by Gasteiger charge is 2.28. The third kappa shape index (κ3) is 4.96. The molecule has 0 saturated heterocycles. The SMILES string of the molecule is CCOC(=O)c1c(C)c(C(=O)CN(Cc2ccc(F)cc2)C(=O)C(C)C)c(C)n1C. The van der Waals surface area contributed by atoms with Crippen molar-refractivity contribution in [1.82, 2.24) is 9.47 Å². The summed E-state index contributed by atoms with van der Waals surface area (Å²) in [5.41, 5.74) is 2.66. The molecule has 0 saturated carbocycles. The molecule has 0 N–H and O–H groups in total. The van der Waals surface area contributed by atoms with Crippen molar-refractivity contribution in [1.29, 1.82) is 0 Å². The lowest BCUT2D eigenvalue weighted by Crippen LogP contribution is -2.38. The van der Waals surface area contributed by atoms with Crippen LogP contribution in [0.5, 0.6) is 0 Å². The summed E-state index contributed by atoms with van der Waals surface area (Å²) in [7, 11) is 1.71. The van der Waals surface area contributed by atoms with Crippen LogP contribution in [0, 0.1) is 25.6 Å². The van der Waals surface area contributed by atoms with E-state index in [1.807, 2.05) is 0 Å². The van der Waals surface area contributed by atoms with E-state index in [1.54, 1.807) is 58.4 Å². The summed E-state index contributed by atoms with van der Waals surface area (Å²) in [6.45, 7) is 9.02. The molecule has 0 aliphatic carbocycles. The maximum atomic E-state index is 13.2. The number of Topliss-reactive ketones (excluding diaryl/α,β-unsaturated/α-hetero) is 1. The summed E-state index contributed by atoms with van der Waals surface area (Å²) in [5.74, 6) is -1.58. The molecule has 0 atom stereocenters. The van der Waals surface area contributed by atoms with Gasteiger partial charge in [-0.2, -0.15) is 0 Å². The molecule has 0 spiro atoms.